The number of sulfonamides is 1. The van der Waals surface area contributed by atoms with Crippen molar-refractivity contribution < 1.29 is 27.5 Å². The van der Waals surface area contributed by atoms with E-state index in [9.17, 15) is 18.0 Å². The molecule has 0 fully saturated rings. The fourth-order valence-corrected chi connectivity index (χ4v) is 2.82. The lowest BCUT2D eigenvalue weighted by Crippen LogP contribution is -2.39. The summed E-state index contributed by atoms with van der Waals surface area (Å²) in [6.07, 6.45) is -0.921. The number of carbonyl (C=O) groups is 2. The van der Waals surface area contributed by atoms with E-state index in [0.717, 1.165) is 7.11 Å². The lowest BCUT2D eigenvalue weighted by molar-refractivity contribution is -0.129. The third-order valence-corrected chi connectivity index (χ3v) is 4.01. The number of carbonyl (C=O) groups excluding carboxylic acids is 2. The van der Waals surface area contributed by atoms with E-state index in [1.807, 2.05) is 4.72 Å². The van der Waals surface area contributed by atoms with E-state index in [2.05, 4.69) is 4.74 Å². The number of ether oxygens (including phenoxy) is 2. The SMILES string of the molecule is CCO[C@H](C)C(=O)NS(=O)(=O)c1ccccc1C(=O)OC. The minimum Gasteiger partial charge on any atom is -0.465 e. The molecule has 0 saturated heterocycles. The van der Waals surface area contributed by atoms with Crippen LogP contribution in [0.4, 0.5) is 0 Å². The Morgan fingerprint density at radius 1 is 1.29 bits per heavy atom. The van der Waals surface area contributed by atoms with E-state index in [-0.39, 0.29) is 17.1 Å². The van der Waals surface area contributed by atoms with E-state index >= 15 is 0 Å². The molecule has 1 aromatic carbocycles. The molecule has 1 aromatic rings. The predicted molar refractivity (Wildman–Crippen MR) is 74.2 cm³/mol. The lowest BCUT2D eigenvalue weighted by atomic mass is 10.2. The topological polar surface area (TPSA) is 98.8 Å². The molecule has 0 saturated carbocycles. The van der Waals surface area contributed by atoms with Crippen molar-refractivity contribution in [1.29, 1.82) is 0 Å². The first-order valence-electron chi connectivity index (χ1n) is 6.19. The van der Waals surface area contributed by atoms with Crippen molar-refractivity contribution in [1.82, 2.24) is 4.72 Å². The minimum absolute atomic E-state index is 0.149. The Hall–Kier alpha value is -1.93. The maximum atomic E-state index is 12.2. The number of methoxy groups -OCH3 is 1. The molecule has 1 amide bonds. The monoisotopic (exact) mass is 315 g/mol. The summed E-state index contributed by atoms with van der Waals surface area (Å²) in [7, 11) is -3.05. The Balaban J connectivity index is 3.09. The summed E-state index contributed by atoms with van der Waals surface area (Å²) >= 11 is 0. The molecule has 0 spiro atoms. The Morgan fingerprint density at radius 3 is 2.48 bits per heavy atom. The number of nitrogens with one attached hydrogen (secondary N) is 1. The first kappa shape index (κ1) is 17.1. The largest absolute Gasteiger partial charge is 0.465 e. The maximum Gasteiger partial charge on any atom is 0.339 e. The van der Waals surface area contributed by atoms with Crippen molar-refractivity contribution in [3.8, 4) is 0 Å². The average molecular weight is 315 g/mol. The van der Waals surface area contributed by atoms with Gasteiger partial charge in [0.15, 0.2) is 0 Å². The van der Waals surface area contributed by atoms with Crippen molar-refractivity contribution >= 4 is 21.9 Å². The molecule has 0 unspecified atom stereocenters. The van der Waals surface area contributed by atoms with Gasteiger partial charge in [-0.25, -0.2) is 17.9 Å². The van der Waals surface area contributed by atoms with Gasteiger partial charge in [-0.15, -0.1) is 0 Å². The van der Waals surface area contributed by atoms with Crippen molar-refractivity contribution in [3.63, 3.8) is 0 Å². The van der Waals surface area contributed by atoms with Crippen LogP contribution in [0, 0.1) is 0 Å². The molecule has 0 aliphatic rings. The highest BCUT2D eigenvalue weighted by Gasteiger charge is 2.26. The molecule has 0 radical (unpaired) electrons. The zero-order chi connectivity index (χ0) is 16.0. The van der Waals surface area contributed by atoms with Crippen LogP contribution in [0.1, 0.15) is 24.2 Å². The number of hydrogen-bond acceptors (Lipinski definition) is 6. The van der Waals surface area contributed by atoms with Crippen LogP contribution in [0.5, 0.6) is 0 Å². The Kier molecular flexibility index (Phi) is 5.86. The normalized spacial score (nSPS) is 12.5. The fraction of sp³-hybridized carbons (Fsp3) is 0.385. The summed E-state index contributed by atoms with van der Waals surface area (Å²) in [6, 6.07) is 5.46. The highest BCUT2D eigenvalue weighted by molar-refractivity contribution is 7.90. The quantitative estimate of drug-likeness (QED) is 0.776. The molecule has 116 valence electrons. The predicted octanol–water partition coefficient (Wildman–Crippen LogP) is 0.703. The van der Waals surface area contributed by atoms with Gasteiger partial charge in [0.2, 0.25) is 0 Å². The van der Waals surface area contributed by atoms with Gasteiger partial charge in [0.1, 0.15) is 11.0 Å². The summed E-state index contributed by atoms with van der Waals surface area (Å²) in [5, 5.41) is 0. The molecule has 21 heavy (non-hydrogen) atoms. The minimum atomic E-state index is -4.19. The smallest absolute Gasteiger partial charge is 0.339 e. The number of esters is 1. The van der Waals surface area contributed by atoms with Crippen LogP contribution in [-0.2, 0) is 24.3 Å². The fourth-order valence-electron chi connectivity index (χ4n) is 1.58. The number of rotatable bonds is 6. The van der Waals surface area contributed by atoms with E-state index in [0.29, 0.717) is 0 Å². The number of benzene rings is 1. The summed E-state index contributed by atoms with van der Waals surface area (Å²) in [5.74, 6) is -1.61. The van der Waals surface area contributed by atoms with Crippen LogP contribution < -0.4 is 4.72 Å². The van der Waals surface area contributed by atoms with Gasteiger partial charge in [0.05, 0.1) is 12.7 Å². The first-order valence-corrected chi connectivity index (χ1v) is 7.67. The Labute approximate surface area is 123 Å². The molecule has 0 bridgehead atoms. The molecule has 7 nitrogen and oxygen atoms in total. The van der Waals surface area contributed by atoms with Gasteiger partial charge in [0.25, 0.3) is 15.9 Å². The lowest BCUT2D eigenvalue weighted by Gasteiger charge is -2.13. The van der Waals surface area contributed by atoms with Gasteiger partial charge < -0.3 is 9.47 Å². The second-order valence-corrected chi connectivity index (χ2v) is 5.71. The average Bonchev–Trinajstić information content (AvgIpc) is 2.46. The zero-order valence-corrected chi connectivity index (χ0v) is 12.8. The van der Waals surface area contributed by atoms with Gasteiger partial charge in [0, 0.05) is 6.61 Å². The van der Waals surface area contributed by atoms with Crippen LogP contribution in [0.25, 0.3) is 0 Å². The number of amides is 1. The van der Waals surface area contributed by atoms with E-state index in [4.69, 9.17) is 4.74 Å². The van der Waals surface area contributed by atoms with Crippen molar-refractivity contribution in [3.05, 3.63) is 29.8 Å². The van der Waals surface area contributed by atoms with Crippen LogP contribution in [0.15, 0.2) is 29.2 Å². The molecule has 1 rings (SSSR count). The molecule has 8 heteroatoms. The summed E-state index contributed by atoms with van der Waals surface area (Å²) in [6.45, 7) is 3.39. The van der Waals surface area contributed by atoms with Gasteiger partial charge >= 0.3 is 5.97 Å². The Bertz CT molecular complexity index is 625. The highest BCUT2D eigenvalue weighted by atomic mass is 32.2. The second kappa shape index (κ2) is 7.19. The molecule has 1 atom stereocenters. The number of hydrogen-bond donors (Lipinski definition) is 1. The maximum absolute atomic E-state index is 12.2. The van der Waals surface area contributed by atoms with Crippen LogP contribution >= 0.6 is 0 Å². The molecule has 1 N–H and O–H groups in total. The molecular formula is C13H17NO6S. The molecular weight excluding hydrogens is 298 g/mol. The zero-order valence-electron chi connectivity index (χ0n) is 12.0. The third kappa shape index (κ3) is 4.27. The van der Waals surface area contributed by atoms with Gasteiger partial charge in [-0.05, 0) is 26.0 Å². The first-order chi connectivity index (χ1) is 9.83. The van der Waals surface area contributed by atoms with Crippen molar-refractivity contribution in [2.24, 2.45) is 0 Å². The van der Waals surface area contributed by atoms with Crippen molar-refractivity contribution in [2.75, 3.05) is 13.7 Å². The van der Waals surface area contributed by atoms with Crippen LogP contribution in [-0.4, -0.2) is 40.1 Å². The van der Waals surface area contributed by atoms with Crippen molar-refractivity contribution in [2.45, 2.75) is 24.8 Å². The third-order valence-electron chi connectivity index (χ3n) is 2.60. The van der Waals surface area contributed by atoms with Crippen LogP contribution in [0.3, 0.4) is 0 Å². The van der Waals surface area contributed by atoms with Gasteiger partial charge in [-0.3, -0.25) is 4.79 Å². The molecule has 0 aliphatic carbocycles. The summed E-state index contributed by atoms with van der Waals surface area (Å²) in [5.41, 5.74) is -0.149. The van der Waals surface area contributed by atoms with E-state index in [1.165, 1.54) is 31.2 Å². The summed E-state index contributed by atoms with van der Waals surface area (Å²) < 4.78 is 35.8. The van der Waals surface area contributed by atoms with Crippen LogP contribution in [0.2, 0.25) is 0 Å². The Morgan fingerprint density at radius 2 is 1.90 bits per heavy atom. The van der Waals surface area contributed by atoms with Gasteiger partial charge in [-0.1, -0.05) is 12.1 Å². The van der Waals surface area contributed by atoms with Gasteiger partial charge in [-0.2, -0.15) is 0 Å². The highest BCUT2D eigenvalue weighted by Crippen LogP contribution is 2.16. The molecule has 0 aromatic heterocycles. The van der Waals surface area contributed by atoms with E-state index < -0.39 is 28.0 Å². The second-order valence-electron chi connectivity index (χ2n) is 4.06. The van der Waals surface area contributed by atoms with E-state index in [1.54, 1.807) is 6.92 Å². The molecule has 0 aliphatic heterocycles. The summed E-state index contributed by atoms with van der Waals surface area (Å²) in [4.78, 5) is 23.0. The standard InChI is InChI=1S/C13H17NO6S/c1-4-20-9(2)12(15)14-21(17,18)11-8-6-5-7-10(11)13(16)19-3/h5-9H,4H2,1-3H3,(H,14,15)/t9-/m1/s1. The molecule has 0 heterocycles.